The molecule has 0 saturated heterocycles. The summed E-state index contributed by atoms with van der Waals surface area (Å²) >= 11 is 0. The first-order valence-electron chi connectivity index (χ1n) is 6.15. The molecule has 5 nitrogen and oxygen atoms in total. The Hall–Kier alpha value is -1.88. The number of hydrogen-bond acceptors (Lipinski definition) is 3. The smallest absolute Gasteiger partial charge is 0.323 e. The third-order valence-corrected chi connectivity index (χ3v) is 3.90. The van der Waals surface area contributed by atoms with E-state index >= 15 is 0 Å². The van der Waals surface area contributed by atoms with E-state index in [2.05, 4.69) is 0 Å². The molecule has 3 atom stereocenters. The molecule has 1 aliphatic rings. The van der Waals surface area contributed by atoms with Crippen LogP contribution >= 0.6 is 0 Å². The molecule has 0 heterocycles. The summed E-state index contributed by atoms with van der Waals surface area (Å²) < 4.78 is 0. The first-order valence-corrected chi connectivity index (χ1v) is 6.15. The molecule has 1 aromatic carbocycles. The van der Waals surface area contributed by atoms with Crippen LogP contribution in [0.25, 0.3) is 0 Å². The monoisotopic (exact) mass is 263 g/mol. The summed E-state index contributed by atoms with van der Waals surface area (Å²) in [5, 5.41) is 18.4. The van der Waals surface area contributed by atoms with Gasteiger partial charge in [0.2, 0.25) is 0 Å². The van der Waals surface area contributed by atoms with Gasteiger partial charge >= 0.3 is 11.9 Å². The summed E-state index contributed by atoms with van der Waals surface area (Å²) in [6, 6.07) is 7.49. The summed E-state index contributed by atoms with van der Waals surface area (Å²) in [6.45, 7) is 1.94. The highest BCUT2D eigenvalue weighted by Crippen LogP contribution is 2.44. The van der Waals surface area contributed by atoms with Crippen LogP contribution in [0.1, 0.15) is 29.9 Å². The summed E-state index contributed by atoms with van der Waals surface area (Å²) in [7, 11) is 0. The van der Waals surface area contributed by atoms with E-state index in [0.717, 1.165) is 11.1 Å². The molecule has 1 fully saturated rings. The van der Waals surface area contributed by atoms with Crippen molar-refractivity contribution in [1.29, 1.82) is 0 Å². The van der Waals surface area contributed by atoms with Crippen molar-refractivity contribution in [1.82, 2.24) is 0 Å². The van der Waals surface area contributed by atoms with Gasteiger partial charge in [0, 0.05) is 0 Å². The molecule has 2 rings (SSSR count). The Bertz CT molecular complexity index is 511. The minimum Gasteiger partial charge on any atom is -0.481 e. The second-order valence-corrected chi connectivity index (χ2v) is 5.33. The van der Waals surface area contributed by atoms with Gasteiger partial charge in [0.15, 0.2) is 0 Å². The van der Waals surface area contributed by atoms with Crippen molar-refractivity contribution in [3.05, 3.63) is 35.4 Å². The number of rotatable bonds is 3. The highest BCUT2D eigenvalue weighted by molar-refractivity contribution is 5.82. The van der Waals surface area contributed by atoms with E-state index in [-0.39, 0.29) is 18.8 Å². The number of aryl methyl sites for hydroxylation is 1. The standard InChI is InChI=1S/C14H17NO4/c1-8-2-4-9(5-3-8)10-6-14(15,13(18)19)7-11(10)12(16)17/h2-5,10-11H,6-7,15H2,1H3,(H,16,17)(H,18,19)/t10-,11+,14-/m1/s1. The fourth-order valence-corrected chi connectivity index (χ4v) is 2.75. The van der Waals surface area contributed by atoms with E-state index in [0.29, 0.717) is 0 Å². The normalized spacial score (nSPS) is 30.2. The lowest BCUT2D eigenvalue weighted by molar-refractivity contribution is -0.144. The van der Waals surface area contributed by atoms with Crippen LogP contribution in [-0.2, 0) is 9.59 Å². The molecule has 19 heavy (non-hydrogen) atoms. The number of nitrogens with two attached hydrogens (primary N) is 1. The molecule has 0 aliphatic heterocycles. The van der Waals surface area contributed by atoms with Gasteiger partial charge in [-0.1, -0.05) is 29.8 Å². The van der Waals surface area contributed by atoms with Gasteiger partial charge in [-0.05, 0) is 31.2 Å². The van der Waals surface area contributed by atoms with E-state index in [1.54, 1.807) is 0 Å². The van der Waals surface area contributed by atoms with Crippen LogP contribution < -0.4 is 5.73 Å². The molecule has 5 heteroatoms. The number of carboxylic acid groups (broad SMARTS) is 2. The van der Waals surface area contributed by atoms with Crippen LogP contribution in [0.2, 0.25) is 0 Å². The first kappa shape index (κ1) is 13.5. The second kappa shape index (κ2) is 4.66. The lowest BCUT2D eigenvalue weighted by atomic mass is 9.88. The minimum absolute atomic E-state index is 0.0315. The molecule has 0 aromatic heterocycles. The van der Waals surface area contributed by atoms with Gasteiger partial charge in [-0.3, -0.25) is 9.59 Å². The fourth-order valence-electron chi connectivity index (χ4n) is 2.75. The Labute approximate surface area is 111 Å². The van der Waals surface area contributed by atoms with Gasteiger partial charge in [0.05, 0.1) is 5.92 Å². The van der Waals surface area contributed by atoms with Gasteiger partial charge in [-0.15, -0.1) is 0 Å². The molecule has 0 amide bonds. The van der Waals surface area contributed by atoms with Crippen LogP contribution in [0.15, 0.2) is 24.3 Å². The van der Waals surface area contributed by atoms with Crippen molar-refractivity contribution in [3.63, 3.8) is 0 Å². The van der Waals surface area contributed by atoms with E-state index in [9.17, 15) is 14.7 Å². The van der Waals surface area contributed by atoms with Crippen LogP contribution in [-0.4, -0.2) is 27.7 Å². The molecular formula is C14H17NO4. The topological polar surface area (TPSA) is 101 Å². The molecular weight excluding hydrogens is 246 g/mol. The maximum atomic E-state index is 11.3. The zero-order chi connectivity index (χ0) is 14.2. The summed E-state index contributed by atoms with van der Waals surface area (Å²) in [4.78, 5) is 22.5. The summed E-state index contributed by atoms with van der Waals surface area (Å²) in [5.41, 5.74) is 6.29. The lowest BCUT2D eigenvalue weighted by Gasteiger charge is -2.18. The largest absolute Gasteiger partial charge is 0.481 e. The maximum absolute atomic E-state index is 11.3. The molecule has 0 unspecified atom stereocenters. The number of aliphatic carboxylic acids is 2. The summed E-state index contributed by atoms with van der Waals surface area (Å²) in [6.07, 6.45) is 0.124. The van der Waals surface area contributed by atoms with Crippen molar-refractivity contribution in [2.45, 2.75) is 31.2 Å². The van der Waals surface area contributed by atoms with Gasteiger partial charge in [0.25, 0.3) is 0 Å². The molecule has 102 valence electrons. The molecule has 0 radical (unpaired) electrons. The zero-order valence-corrected chi connectivity index (χ0v) is 10.7. The van der Waals surface area contributed by atoms with Gasteiger partial charge in [-0.2, -0.15) is 0 Å². The van der Waals surface area contributed by atoms with E-state index in [1.165, 1.54) is 0 Å². The van der Waals surface area contributed by atoms with Crippen molar-refractivity contribution in [2.75, 3.05) is 0 Å². The predicted molar refractivity (Wildman–Crippen MR) is 68.8 cm³/mol. The van der Waals surface area contributed by atoms with Crippen molar-refractivity contribution >= 4 is 11.9 Å². The average Bonchev–Trinajstić information content (AvgIpc) is 2.70. The third kappa shape index (κ3) is 2.46. The lowest BCUT2D eigenvalue weighted by Crippen LogP contribution is -2.45. The Balaban J connectivity index is 2.35. The van der Waals surface area contributed by atoms with E-state index in [1.807, 2.05) is 31.2 Å². The van der Waals surface area contributed by atoms with Crippen molar-refractivity contribution in [3.8, 4) is 0 Å². The Morgan fingerprint density at radius 3 is 2.26 bits per heavy atom. The zero-order valence-electron chi connectivity index (χ0n) is 10.7. The van der Waals surface area contributed by atoms with Gasteiger partial charge < -0.3 is 15.9 Å². The van der Waals surface area contributed by atoms with Crippen LogP contribution in [0.5, 0.6) is 0 Å². The summed E-state index contributed by atoms with van der Waals surface area (Å²) in [5.74, 6) is -3.21. The van der Waals surface area contributed by atoms with Crippen molar-refractivity contribution < 1.29 is 19.8 Å². The molecule has 4 N–H and O–H groups in total. The number of carboxylic acids is 2. The van der Waals surface area contributed by atoms with E-state index in [4.69, 9.17) is 10.8 Å². The molecule has 0 bridgehead atoms. The second-order valence-electron chi connectivity index (χ2n) is 5.33. The highest BCUT2D eigenvalue weighted by atomic mass is 16.4. The Morgan fingerprint density at radius 1 is 1.21 bits per heavy atom. The van der Waals surface area contributed by atoms with Crippen LogP contribution in [0.4, 0.5) is 0 Å². The fraction of sp³-hybridized carbons (Fsp3) is 0.429. The first-order chi connectivity index (χ1) is 8.83. The molecule has 0 spiro atoms. The molecule has 1 aliphatic carbocycles. The van der Waals surface area contributed by atoms with Crippen LogP contribution in [0, 0.1) is 12.8 Å². The van der Waals surface area contributed by atoms with Gasteiger partial charge in [0.1, 0.15) is 5.54 Å². The minimum atomic E-state index is -1.45. The SMILES string of the molecule is Cc1ccc([C@H]2C[C@](N)(C(=O)O)C[C@@H]2C(=O)O)cc1. The highest BCUT2D eigenvalue weighted by Gasteiger charge is 2.51. The Kier molecular flexibility index (Phi) is 3.32. The van der Waals surface area contributed by atoms with Gasteiger partial charge in [-0.25, -0.2) is 0 Å². The van der Waals surface area contributed by atoms with E-state index < -0.39 is 23.4 Å². The number of benzene rings is 1. The molecule has 1 saturated carbocycles. The number of carbonyl (C=O) groups is 2. The van der Waals surface area contributed by atoms with Crippen LogP contribution in [0.3, 0.4) is 0 Å². The maximum Gasteiger partial charge on any atom is 0.323 e. The number of hydrogen-bond donors (Lipinski definition) is 3. The molecule has 1 aromatic rings. The average molecular weight is 263 g/mol. The predicted octanol–water partition coefficient (Wildman–Crippen LogP) is 1.36. The Morgan fingerprint density at radius 2 is 1.79 bits per heavy atom. The third-order valence-electron chi connectivity index (χ3n) is 3.90. The van der Waals surface area contributed by atoms with Crippen molar-refractivity contribution in [2.24, 2.45) is 11.7 Å². The quantitative estimate of drug-likeness (QED) is 0.764.